The lowest BCUT2D eigenvalue weighted by atomic mass is 10.00. The van der Waals surface area contributed by atoms with Crippen molar-refractivity contribution in [1.29, 1.82) is 0 Å². The molecule has 3 heteroatoms. The summed E-state index contributed by atoms with van der Waals surface area (Å²) in [6, 6.07) is 6.75. The van der Waals surface area contributed by atoms with Crippen molar-refractivity contribution in [2.24, 2.45) is 0 Å². The molecule has 3 nitrogen and oxygen atoms in total. The van der Waals surface area contributed by atoms with E-state index in [-0.39, 0.29) is 5.91 Å². The van der Waals surface area contributed by atoms with Gasteiger partial charge in [-0.15, -0.1) is 0 Å². The van der Waals surface area contributed by atoms with Crippen molar-refractivity contribution in [2.45, 2.75) is 58.9 Å². The SMILES string of the molecule is CC[C@H]1CCCCN1CCCNC(=O)c1ccc(C)cc1C. The molecule has 1 heterocycles. The number of nitrogens with zero attached hydrogens (tertiary/aromatic N) is 1. The van der Waals surface area contributed by atoms with E-state index in [1.165, 1.54) is 37.8 Å². The highest BCUT2D eigenvalue weighted by Gasteiger charge is 2.19. The summed E-state index contributed by atoms with van der Waals surface area (Å²) in [7, 11) is 0. The van der Waals surface area contributed by atoms with Crippen LogP contribution in [0.2, 0.25) is 0 Å². The van der Waals surface area contributed by atoms with E-state index < -0.39 is 0 Å². The minimum atomic E-state index is 0.0585. The Bertz CT molecular complexity index is 498. The van der Waals surface area contributed by atoms with Crippen LogP contribution >= 0.6 is 0 Å². The van der Waals surface area contributed by atoms with E-state index in [9.17, 15) is 4.79 Å². The first-order valence-electron chi connectivity index (χ1n) is 8.71. The Morgan fingerprint density at radius 1 is 1.32 bits per heavy atom. The van der Waals surface area contributed by atoms with Crippen molar-refractivity contribution in [2.75, 3.05) is 19.6 Å². The number of aryl methyl sites for hydroxylation is 2. The number of likely N-dealkylation sites (tertiary alicyclic amines) is 1. The summed E-state index contributed by atoms with van der Waals surface area (Å²) in [5, 5.41) is 3.07. The first-order valence-corrected chi connectivity index (χ1v) is 8.71. The Kier molecular flexibility index (Phi) is 6.44. The number of hydrogen-bond acceptors (Lipinski definition) is 2. The average Bonchev–Trinajstić information content (AvgIpc) is 2.51. The van der Waals surface area contributed by atoms with Crippen LogP contribution in [0, 0.1) is 13.8 Å². The van der Waals surface area contributed by atoms with Crippen LogP contribution < -0.4 is 5.32 Å². The smallest absolute Gasteiger partial charge is 0.251 e. The predicted octanol–water partition coefficient (Wildman–Crippen LogP) is 3.69. The molecule has 0 saturated carbocycles. The third kappa shape index (κ3) is 4.57. The van der Waals surface area contributed by atoms with Gasteiger partial charge in [-0.05, 0) is 57.7 Å². The molecular formula is C19H30N2O. The topological polar surface area (TPSA) is 32.3 Å². The highest BCUT2D eigenvalue weighted by molar-refractivity contribution is 5.95. The number of nitrogens with one attached hydrogen (secondary N) is 1. The standard InChI is InChI=1S/C19H30N2O/c1-4-17-8-5-6-12-21(17)13-7-11-20-19(22)18-10-9-15(2)14-16(18)3/h9-10,14,17H,4-8,11-13H2,1-3H3,(H,20,22)/t17-/m0/s1. The zero-order valence-corrected chi connectivity index (χ0v) is 14.3. The molecule has 1 atom stereocenters. The van der Waals surface area contributed by atoms with E-state index in [4.69, 9.17) is 0 Å². The third-order valence-corrected chi connectivity index (χ3v) is 4.75. The summed E-state index contributed by atoms with van der Waals surface area (Å²) < 4.78 is 0. The normalized spacial score (nSPS) is 19.1. The molecule has 1 aliphatic heterocycles. The molecule has 0 bridgehead atoms. The Morgan fingerprint density at radius 2 is 2.14 bits per heavy atom. The zero-order valence-electron chi connectivity index (χ0n) is 14.3. The van der Waals surface area contributed by atoms with E-state index in [0.29, 0.717) is 0 Å². The molecule has 1 fully saturated rings. The van der Waals surface area contributed by atoms with Crippen molar-refractivity contribution in [1.82, 2.24) is 10.2 Å². The van der Waals surface area contributed by atoms with Gasteiger partial charge in [0.15, 0.2) is 0 Å². The van der Waals surface area contributed by atoms with Crippen LogP contribution in [0.1, 0.15) is 60.5 Å². The van der Waals surface area contributed by atoms with E-state index in [2.05, 4.69) is 30.1 Å². The summed E-state index contributed by atoms with van der Waals surface area (Å²) in [5.41, 5.74) is 3.05. The van der Waals surface area contributed by atoms with Gasteiger partial charge in [-0.1, -0.05) is 31.0 Å². The van der Waals surface area contributed by atoms with Crippen molar-refractivity contribution in [3.8, 4) is 0 Å². The maximum absolute atomic E-state index is 12.2. The molecule has 1 aliphatic rings. The Balaban J connectivity index is 1.75. The highest BCUT2D eigenvalue weighted by Crippen LogP contribution is 2.19. The number of amides is 1. The van der Waals surface area contributed by atoms with E-state index >= 15 is 0 Å². The Morgan fingerprint density at radius 3 is 2.86 bits per heavy atom. The maximum Gasteiger partial charge on any atom is 0.251 e. The summed E-state index contributed by atoms with van der Waals surface area (Å²) in [5.74, 6) is 0.0585. The fourth-order valence-electron chi connectivity index (χ4n) is 3.46. The number of hydrogen-bond donors (Lipinski definition) is 1. The van der Waals surface area contributed by atoms with Crippen molar-refractivity contribution < 1.29 is 4.79 Å². The van der Waals surface area contributed by atoms with Crippen LogP contribution in [0.25, 0.3) is 0 Å². The van der Waals surface area contributed by atoms with E-state index in [1.54, 1.807) is 0 Å². The molecule has 0 aromatic heterocycles. The molecule has 0 radical (unpaired) electrons. The van der Waals surface area contributed by atoms with Crippen LogP contribution in [0.4, 0.5) is 0 Å². The molecule has 1 N–H and O–H groups in total. The first-order chi connectivity index (χ1) is 10.6. The molecule has 0 spiro atoms. The van der Waals surface area contributed by atoms with Crippen molar-refractivity contribution in [3.63, 3.8) is 0 Å². The summed E-state index contributed by atoms with van der Waals surface area (Å²) in [6.45, 7) is 9.43. The lowest BCUT2D eigenvalue weighted by molar-refractivity contribution is 0.0946. The average molecular weight is 302 g/mol. The van der Waals surface area contributed by atoms with Gasteiger partial charge in [0.2, 0.25) is 0 Å². The largest absolute Gasteiger partial charge is 0.352 e. The molecule has 1 amide bonds. The van der Waals surface area contributed by atoms with Gasteiger partial charge in [0.1, 0.15) is 0 Å². The first kappa shape index (κ1) is 17.0. The fraction of sp³-hybridized carbons (Fsp3) is 0.632. The van der Waals surface area contributed by atoms with Crippen molar-refractivity contribution in [3.05, 3.63) is 34.9 Å². The fourth-order valence-corrected chi connectivity index (χ4v) is 3.46. The van der Waals surface area contributed by atoms with Crippen LogP contribution in [0.15, 0.2) is 18.2 Å². The Labute approximate surface area is 135 Å². The summed E-state index contributed by atoms with van der Waals surface area (Å²) >= 11 is 0. The quantitative estimate of drug-likeness (QED) is 0.813. The summed E-state index contributed by atoms with van der Waals surface area (Å²) in [6.07, 6.45) is 6.32. The molecule has 122 valence electrons. The van der Waals surface area contributed by atoms with Crippen LogP contribution in [-0.2, 0) is 0 Å². The van der Waals surface area contributed by atoms with Gasteiger partial charge >= 0.3 is 0 Å². The number of piperidine rings is 1. The lowest BCUT2D eigenvalue weighted by Crippen LogP contribution is -2.40. The molecule has 1 saturated heterocycles. The van der Waals surface area contributed by atoms with Gasteiger partial charge in [-0.25, -0.2) is 0 Å². The lowest BCUT2D eigenvalue weighted by Gasteiger charge is -2.35. The van der Waals surface area contributed by atoms with Gasteiger partial charge in [-0.3, -0.25) is 4.79 Å². The second-order valence-electron chi connectivity index (χ2n) is 6.52. The molecule has 2 rings (SSSR count). The second-order valence-corrected chi connectivity index (χ2v) is 6.52. The maximum atomic E-state index is 12.2. The van der Waals surface area contributed by atoms with Gasteiger partial charge in [0.05, 0.1) is 0 Å². The Hall–Kier alpha value is -1.35. The molecular weight excluding hydrogens is 272 g/mol. The highest BCUT2D eigenvalue weighted by atomic mass is 16.1. The monoisotopic (exact) mass is 302 g/mol. The second kappa shape index (κ2) is 8.33. The molecule has 22 heavy (non-hydrogen) atoms. The molecule has 1 aromatic carbocycles. The van der Waals surface area contributed by atoms with Crippen LogP contribution in [0.3, 0.4) is 0 Å². The van der Waals surface area contributed by atoms with Gasteiger partial charge < -0.3 is 10.2 Å². The van der Waals surface area contributed by atoms with Gasteiger partial charge in [0.25, 0.3) is 5.91 Å². The summed E-state index contributed by atoms with van der Waals surface area (Å²) in [4.78, 5) is 14.8. The van der Waals surface area contributed by atoms with Gasteiger partial charge in [-0.2, -0.15) is 0 Å². The van der Waals surface area contributed by atoms with Crippen LogP contribution in [0.5, 0.6) is 0 Å². The minimum absolute atomic E-state index is 0.0585. The van der Waals surface area contributed by atoms with E-state index in [1.807, 2.05) is 19.1 Å². The number of carbonyl (C=O) groups is 1. The number of benzene rings is 1. The molecule has 0 aliphatic carbocycles. The third-order valence-electron chi connectivity index (χ3n) is 4.75. The van der Waals surface area contributed by atoms with Crippen LogP contribution in [-0.4, -0.2) is 36.5 Å². The van der Waals surface area contributed by atoms with Gasteiger partial charge in [0, 0.05) is 24.7 Å². The molecule has 0 unspecified atom stereocenters. The van der Waals surface area contributed by atoms with Crippen molar-refractivity contribution >= 4 is 5.91 Å². The predicted molar refractivity (Wildman–Crippen MR) is 92.4 cm³/mol. The van der Waals surface area contributed by atoms with E-state index in [0.717, 1.165) is 36.7 Å². The number of rotatable bonds is 6. The number of carbonyl (C=O) groups excluding carboxylic acids is 1. The molecule has 1 aromatic rings. The minimum Gasteiger partial charge on any atom is -0.352 e. The zero-order chi connectivity index (χ0) is 15.9.